The van der Waals surface area contributed by atoms with Gasteiger partial charge in [-0.3, -0.25) is 0 Å². The third-order valence-corrected chi connectivity index (χ3v) is 0.577. The Kier molecular flexibility index (Phi) is 3.24. The summed E-state index contributed by atoms with van der Waals surface area (Å²) in [5.41, 5.74) is 0. The van der Waals surface area contributed by atoms with Crippen LogP contribution in [0.1, 0.15) is 13.8 Å². The average molecular weight is 84.9 g/mol. The van der Waals surface area contributed by atoms with Crippen LogP contribution in [0.4, 0.5) is 0 Å². The average Bonchev–Trinajstić information content (AvgIpc) is 1.35. The largest absolute Gasteiger partial charge is 0.454 e. The molecule has 2 heteroatoms. The number of hydrogen-bond acceptors (Lipinski definition) is 1. The molecule has 6 heavy (non-hydrogen) atoms. The lowest BCUT2D eigenvalue weighted by molar-refractivity contribution is 0.578. The first-order valence-corrected chi connectivity index (χ1v) is 2.23. The van der Waals surface area contributed by atoms with E-state index in [-0.39, 0.29) is 0 Å². The van der Waals surface area contributed by atoms with Crippen LogP contribution in [0.5, 0.6) is 0 Å². The molecule has 0 aromatic heterocycles. The molecular formula is C4H10BO. The molecule has 35 valence electrons. The van der Waals surface area contributed by atoms with Gasteiger partial charge in [-0.25, -0.2) is 0 Å². The highest BCUT2D eigenvalue weighted by atomic mass is 16.2. The van der Waals surface area contributed by atoms with E-state index in [1.165, 1.54) is 7.48 Å². The standard InChI is InChI=1S/C4H10BO/c1-4(2)3-5-6/h4,6H,3H2,1-2H3. The topological polar surface area (TPSA) is 20.2 Å². The summed E-state index contributed by atoms with van der Waals surface area (Å²) in [7, 11) is 1.20. The van der Waals surface area contributed by atoms with Crippen LogP contribution in [0.2, 0.25) is 6.32 Å². The van der Waals surface area contributed by atoms with Crippen LogP contribution >= 0.6 is 0 Å². The quantitative estimate of drug-likeness (QED) is 0.488. The monoisotopic (exact) mass is 85.1 g/mol. The fourth-order valence-corrected chi connectivity index (χ4v) is 0.211. The molecule has 0 aliphatic carbocycles. The molecule has 1 nitrogen and oxygen atoms in total. The molecule has 1 N–H and O–H groups in total. The van der Waals surface area contributed by atoms with Gasteiger partial charge in [0.1, 0.15) is 0 Å². The highest BCUT2D eigenvalue weighted by Crippen LogP contribution is 1.95. The molecule has 0 aromatic rings. The maximum atomic E-state index is 8.11. The molecule has 0 spiro atoms. The van der Waals surface area contributed by atoms with E-state index in [4.69, 9.17) is 5.02 Å². The van der Waals surface area contributed by atoms with Gasteiger partial charge in [0, 0.05) is 0 Å². The zero-order chi connectivity index (χ0) is 4.99. The molecule has 0 aromatic carbocycles. The summed E-state index contributed by atoms with van der Waals surface area (Å²) in [6.07, 6.45) is 0.806. The molecule has 0 aliphatic heterocycles. The SMILES string of the molecule is CC(C)C[B]O. The van der Waals surface area contributed by atoms with Crippen molar-refractivity contribution in [1.82, 2.24) is 0 Å². The van der Waals surface area contributed by atoms with Gasteiger partial charge < -0.3 is 5.02 Å². The van der Waals surface area contributed by atoms with Gasteiger partial charge in [0.2, 0.25) is 0 Å². The Morgan fingerprint density at radius 3 is 2.17 bits per heavy atom. The molecule has 0 rings (SSSR count). The highest BCUT2D eigenvalue weighted by molar-refractivity contribution is 6.25. The van der Waals surface area contributed by atoms with Crippen molar-refractivity contribution >= 4 is 7.48 Å². The second kappa shape index (κ2) is 3.22. The van der Waals surface area contributed by atoms with Crippen molar-refractivity contribution in [3.63, 3.8) is 0 Å². The summed E-state index contributed by atoms with van der Waals surface area (Å²) in [5, 5.41) is 8.11. The van der Waals surface area contributed by atoms with E-state index in [1.807, 2.05) is 0 Å². The van der Waals surface area contributed by atoms with E-state index in [9.17, 15) is 0 Å². The highest BCUT2D eigenvalue weighted by Gasteiger charge is 1.89. The van der Waals surface area contributed by atoms with Gasteiger partial charge in [-0.1, -0.05) is 19.8 Å². The van der Waals surface area contributed by atoms with Crippen LogP contribution in [0, 0.1) is 5.92 Å². The third kappa shape index (κ3) is 4.02. The first-order chi connectivity index (χ1) is 2.77. The molecular weight excluding hydrogens is 74.9 g/mol. The Bertz CT molecular complexity index is 28.7. The Labute approximate surface area is 39.7 Å². The molecule has 0 saturated heterocycles. The van der Waals surface area contributed by atoms with Gasteiger partial charge >= 0.3 is 0 Å². The minimum Gasteiger partial charge on any atom is -0.454 e. The third-order valence-electron chi connectivity index (χ3n) is 0.577. The Morgan fingerprint density at radius 1 is 1.67 bits per heavy atom. The molecule has 0 amide bonds. The molecule has 0 unspecified atom stereocenters. The van der Waals surface area contributed by atoms with Gasteiger partial charge in [0.25, 0.3) is 7.48 Å². The zero-order valence-corrected chi connectivity index (χ0v) is 4.31. The van der Waals surface area contributed by atoms with E-state index in [0.717, 1.165) is 6.32 Å². The van der Waals surface area contributed by atoms with Crippen LogP contribution in [0.3, 0.4) is 0 Å². The minimum absolute atomic E-state index is 0.593. The van der Waals surface area contributed by atoms with Crippen molar-refractivity contribution in [2.75, 3.05) is 0 Å². The second-order valence-corrected chi connectivity index (χ2v) is 1.81. The molecule has 0 saturated carbocycles. The fourth-order valence-electron chi connectivity index (χ4n) is 0.211. The van der Waals surface area contributed by atoms with Crippen LogP contribution < -0.4 is 0 Å². The summed E-state index contributed by atoms with van der Waals surface area (Å²) in [6, 6.07) is 0. The summed E-state index contributed by atoms with van der Waals surface area (Å²) >= 11 is 0. The lowest BCUT2D eigenvalue weighted by Gasteiger charge is -1.93. The first-order valence-electron chi connectivity index (χ1n) is 2.23. The first kappa shape index (κ1) is 6.02. The lowest BCUT2D eigenvalue weighted by Crippen LogP contribution is -1.92. The molecule has 0 bridgehead atoms. The van der Waals surface area contributed by atoms with Gasteiger partial charge in [-0.2, -0.15) is 0 Å². The van der Waals surface area contributed by atoms with Crippen LogP contribution in [0.15, 0.2) is 0 Å². The van der Waals surface area contributed by atoms with Gasteiger partial charge in [-0.15, -0.1) is 0 Å². The number of hydrogen-bond donors (Lipinski definition) is 1. The Morgan fingerprint density at radius 2 is 2.17 bits per heavy atom. The van der Waals surface area contributed by atoms with E-state index in [1.54, 1.807) is 0 Å². The summed E-state index contributed by atoms with van der Waals surface area (Å²) in [4.78, 5) is 0. The Balaban J connectivity index is 2.63. The van der Waals surface area contributed by atoms with E-state index in [0.29, 0.717) is 5.92 Å². The smallest absolute Gasteiger partial charge is 0.287 e. The second-order valence-electron chi connectivity index (χ2n) is 1.81. The van der Waals surface area contributed by atoms with Crippen molar-refractivity contribution in [3.05, 3.63) is 0 Å². The van der Waals surface area contributed by atoms with Crippen molar-refractivity contribution in [3.8, 4) is 0 Å². The molecule has 1 radical (unpaired) electrons. The van der Waals surface area contributed by atoms with Gasteiger partial charge in [0.15, 0.2) is 0 Å². The summed E-state index contributed by atoms with van der Waals surface area (Å²) < 4.78 is 0. The maximum absolute atomic E-state index is 8.11. The molecule has 0 atom stereocenters. The molecule has 0 aliphatic rings. The van der Waals surface area contributed by atoms with Crippen molar-refractivity contribution in [2.24, 2.45) is 5.92 Å². The lowest BCUT2D eigenvalue weighted by atomic mass is 9.88. The van der Waals surface area contributed by atoms with Crippen LogP contribution in [-0.2, 0) is 0 Å². The summed E-state index contributed by atoms with van der Waals surface area (Å²) in [5.74, 6) is 0.593. The van der Waals surface area contributed by atoms with Crippen molar-refractivity contribution < 1.29 is 5.02 Å². The zero-order valence-electron chi connectivity index (χ0n) is 4.31. The molecule has 0 fully saturated rings. The van der Waals surface area contributed by atoms with E-state index < -0.39 is 0 Å². The van der Waals surface area contributed by atoms with Crippen LogP contribution in [0.25, 0.3) is 0 Å². The Hall–Kier alpha value is 0.0249. The fraction of sp³-hybridized carbons (Fsp3) is 1.00. The van der Waals surface area contributed by atoms with E-state index >= 15 is 0 Å². The number of rotatable bonds is 2. The predicted octanol–water partition coefficient (Wildman–Crippen LogP) is 0.672. The van der Waals surface area contributed by atoms with Crippen molar-refractivity contribution in [1.29, 1.82) is 0 Å². The van der Waals surface area contributed by atoms with E-state index in [2.05, 4.69) is 13.8 Å². The van der Waals surface area contributed by atoms with Gasteiger partial charge in [0.05, 0.1) is 0 Å². The maximum Gasteiger partial charge on any atom is 0.287 e. The van der Waals surface area contributed by atoms with Gasteiger partial charge in [-0.05, 0) is 6.32 Å². The van der Waals surface area contributed by atoms with Crippen molar-refractivity contribution in [2.45, 2.75) is 20.2 Å². The molecule has 0 heterocycles. The minimum atomic E-state index is 0.593. The summed E-state index contributed by atoms with van der Waals surface area (Å²) in [6.45, 7) is 4.12. The van der Waals surface area contributed by atoms with Crippen LogP contribution in [-0.4, -0.2) is 12.5 Å². The normalized spacial score (nSPS) is 9.33. The predicted molar refractivity (Wildman–Crippen MR) is 27.6 cm³/mol.